The van der Waals surface area contributed by atoms with Crippen molar-refractivity contribution in [3.8, 4) is 0 Å². The van der Waals surface area contributed by atoms with Gasteiger partial charge in [-0.15, -0.1) is 0 Å². The number of rotatable bonds is 5. The highest BCUT2D eigenvalue weighted by Crippen LogP contribution is 2.31. The Balaban J connectivity index is 1.92. The Morgan fingerprint density at radius 2 is 2.00 bits per heavy atom. The largest absolute Gasteiger partial charge is 0.375 e. The molecule has 0 radical (unpaired) electrons. The summed E-state index contributed by atoms with van der Waals surface area (Å²) in [5, 5.41) is 0. The minimum absolute atomic E-state index is 0.0871. The van der Waals surface area contributed by atoms with Crippen molar-refractivity contribution in [2.24, 2.45) is 0 Å². The van der Waals surface area contributed by atoms with Gasteiger partial charge in [0.15, 0.2) is 0 Å². The molecule has 3 rings (SSSR count). The van der Waals surface area contributed by atoms with E-state index >= 15 is 0 Å². The summed E-state index contributed by atoms with van der Waals surface area (Å²) in [6.07, 6.45) is 1.54. The first-order valence-corrected chi connectivity index (χ1v) is 9.70. The molecule has 9 heteroatoms. The number of aryl methyl sites for hydroxylation is 1. The molecule has 6 nitrogen and oxygen atoms in total. The van der Waals surface area contributed by atoms with Gasteiger partial charge >= 0.3 is 0 Å². The van der Waals surface area contributed by atoms with E-state index in [9.17, 15) is 22.0 Å². The zero-order chi connectivity index (χ0) is 19.6. The molecule has 1 aliphatic heterocycles. The van der Waals surface area contributed by atoms with Gasteiger partial charge in [-0.2, -0.15) is 0 Å². The smallest absolute Gasteiger partial charge is 0.264 e. The number of halogens is 2. The molecule has 0 atom stereocenters. The number of anilines is 2. The summed E-state index contributed by atoms with van der Waals surface area (Å²) in [5.41, 5.74) is 1.67. The molecule has 1 N–H and O–H groups in total. The van der Waals surface area contributed by atoms with Crippen molar-refractivity contribution in [2.75, 3.05) is 29.9 Å². The third kappa shape index (κ3) is 4.09. The molecule has 0 spiro atoms. The van der Waals surface area contributed by atoms with E-state index in [0.717, 1.165) is 30.5 Å². The number of fused-ring (bicyclic) bond motifs is 1. The lowest BCUT2D eigenvalue weighted by Gasteiger charge is -2.30. The van der Waals surface area contributed by atoms with E-state index in [1.165, 1.54) is 13.2 Å². The third-order valence-electron chi connectivity index (χ3n) is 4.21. The molecule has 2 aromatic carbocycles. The third-order valence-corrected chi connectivity index (χ3v) is 5.62. The van der Waals surface area contributed by atoms with Gasteiger partial charge in [-0.05, 0) is 42.7 Å². The second-order valence-corrected chi connectivity index (χ2v) is 7.76. The maximum atomic E-state index is 13.8. The minimum atomic E-state index is -4.26. The second kappa shape index (κ2) is 7.61. The molecule has 1 aliphatic rings. The number of benzene rings is 2. The molecule has 144 valence electrons. The van der Waals surface area contributed by atoms with Crippen LogP contribution in [0.2, 0.25) is 0 Å². The Labute approximate surface area is 155 Å². The molecular formula is C18H18F2N2O4S. The molecule has 0 saturated carbocycles. The van der Waals surface area contributed by atoms with Crippen LogP contribution in [0.1, 0.15) is 12.0 Å². The Kier molecular flexibility index (Phi) is 5.43. The van der Waals surface area contributed by atoms with E-state index in [1.54, 1.807) is 17.0 Å². The van der Waals surface area contributed by atoms with Crippen LogP contribution in [-0.4, -0.2) is 34.6 Å². The Morgan fingerprint density at radius 3 is 2.70 bits per heavy atom. The molecule has 0 unspecified atom stereocenters. The number of methoxy groups -OCH3 is 1. The lowest BCUT2D eigenvalue weighted by molar-refractivity contribution is -0.122. The van der Waals surface area contributed by atoms with E-state index in [4.69, 9.17) is 4.74 Å². The molecule has 0 aromatic heterocycles. The van der Waals surface area contributed by atoms with Crippen LogP contribution in [0.3, 0.4) is 0 Å². The van der Waals surface area contributed by atoms with Gasteiger partial charge in [-0.25, -0.2) is 17.2 Å². The van der Waals surface area contributed by atoms with Gasteiger partial charge in [0.25, 0.3) is 15.9 Å². The topological polar surface area (TPSA) is 75.7 Å². The van der Waals surface area contributed by atoms with Crippen molar-refractivity contribution in [2.45, 2.75) is 17.7 Å². The van der Waals surface area contributed by atoms with Crippen LogP contribution in [0.5, 0.6) is 0 Å². The molecule has 1 amide bonds. The highest BCUT2D eigenvalue weighted by Gasteiger charge is 2.24. The first kappa shape index (κ1) is 19.2. The zero-order valence-electron chi connectivity index (χ0n) is 14.5. The Hall–Kier alpha value is -2.52. The molecule has 0 saturated heterocycles. The fourth-order valence-corrected chi connectivity index (χ4v) is 4.11. The molecule has 0 bridgehead atoms. The van der Waals surface area contributed by atoms with Crippen molar-refractivity contribution in [1.82, 2.24) is 0 Å². The number of carbonyl (C=O) groups is 1. The summed E-state index contributed by atoms with van der Waals surface area (Å²) in [5.74, 6) is -2.28. The lowest BCUT2D eigenvalue weighted by atomic mass is 10.0. The standard InChI is InChI=1S/C18H18F2N2O4S/c1-26-11-18(23)22-8-2-3-12-4-6-14(10-16(12)22)21-27(24,25)17-7-5-13(19)9-15(17)20/h4-7,9-10,21H,2-3,8,11H2,1H3. The number of nitrogens with one attached hydrogen (secondary N) is 1. The maximum absolute atomic E-state index is 13.8. The van der Waals surface area contributed by atoms with E-state index < -0.39 is 26.6 Å². The molecule has 27 heavy (non-hydrogen) atoms. The Morgan fingerprint density at radius 1 is 1.22 bits per heavy atom. The van der Waals surface area contributed by atoms with Gasteiger partial charge in [0.2, 0.25) is 0 Å². The summed E-state index contributed by atoms with van der Waals surface area (Å²) in [6.45, 7) is 0.411. The predicted molar refractivity (Wildman–Crippen MR) is 96.2 cm³/mol. The highest BCUT2D eigenvalue weighted by atomic mass is 32.2. The van der Waals surface area contributed by atoms with Crippen LogP contribution in [0.15, 0.2) is 41.3 Å². The number of nitrogens with zero attached hydrogens (tertiary/aromatic N) is 1. The van der Waals surface area contributed by atoms with Crippen LogP contribution in [0.4, 0.5) is 20.2 Å². The molecule has 1 heterocycles. The number of sulfonamides is 1. The lowest BCUT2D eigenvalue weighted by Crippen LogP contribution is -2.37. The second-order valence-electron chi connectivity index (χ2n) is 6.11. The van der Waals surface area contributed by atoms with Gasteiger partial charge in [0.05, 0.1) is 5.69 Å². The summed E-state index contributed by atoms with van der Waals surface area (Å²) < 4.78 is 58.9. The molecule has 0 fully saturated rings. The average Bonchev–Trinajstić information content (AvgIpc) is 2.60. The fraction of sp³-hybridized carbons (Fsp3) is 0.278. The Bertz CT molecular complexity index is 979. The highest BCUT2D eigenvalue weighted by molar-refractivity contribution is 7.92. The van der Waals surface area contributed by atoms with Crippen molar-refractivity contribution in [1.29, 1.82) is 0 Å². The summed E-state index contributed by atoms with van der Waals surface area (Å²) >= 11 is 0. The minimum Gasteiger partial charge on any atom is -0.375 e. The maximum Gasteiger partial charge on any atom is 0.264 e. The van der Waals surface area contributed by atoms with Crippen molar-refractivity contribution in [3.05, 3.63) is 53.6 Å². The summed E-state index contributed by atoms with van der Waals surface area (Å²) in [6, 6.07) is 7.03. The van der Waals surface area contributed by atoms with Crippen LogP contribution in [-0.2, 0) is 26.0 Å². The average molecular weight is 396 g/mol. The number of hydrogen-bond acceptors (Lipinski definition) is 4. The van der Waals surface area contributed by atoms with Gasteiger partial charge in [-0.1, -0.05) is 6.07 Å². The van der Waals surface area contributed by atoms with Crippen LogP contribution < -0.4 is 9.62 Å². The fourth-order valence-electron chi connectivity index (χ4n) is 3.00. The van der Waals surface area contributed by atoms with E-state index in [0.29, 0.717) is 18.3 Å². The van der Waals surface area contributed by atoms with Gasteiger partial charge < -0.3 is 9.64 Å². The number of hydrogen-bond donors (Lipinski definition) is 1. The molecule has 0 aliphatic carbocycles. The van der Waals surface area contributed by atoms with Gasteiger partial charge in [-0.3, -0.25) is 9.52 Å². The van der Waals surface area contributed by atoms with Crippen LogP contribution in [0.25, 0.3) is 0 Å². The number of amides is 1. The van der Waals surface area contributed by atoms with Crippen molar-refractivity contribution < 1.29 is 26.7 Å². The molecule has 2 aromatic rings. The normalized spacial score (nSPS) is 14.0. The van der Waals surface area contributed by atoms with Gasteiger partial charge in [0, 0.05) is 25.4 Å². The predicted octanol–water partition coefficient (Wildman–Crippen LogP) is 2.69. The molecular weight excluding hydrogens is 378 g/mol. The number of ether oxygens (including phenoxy) is 1. The zero-order valence-corrected chi connectivity index (χ0v) is 15.4. The first-order valence-electron chi connectivity index (χ1n) is 8.22. The van der Waals surface area contributed by atoms with Gasteiger partial charge in [0.1, 0.15) is 23.1 Å². The van der Waals surface area contributed by atoms with Crippen molar-refractivity contribution >= 4 is 27.3 Å². The monoisotopic (exact) mass is 396 g/mol. The van der Waals surface area contributed by atoms with Crippen molar-refractivity contribution in [3.63, 3.8) is 0 Å². The summed E-state index contributed by atoms with van der Waals surface area (Å²) in [7, 11) is -2.83. The number of carbonyl (C=O) groups excluding carboxylic acids is 1. The van der Waals surface area contributed by atoms with E-state index in [-0.39, 0.29) is 18.2 Å². The first-order chi connectivity index (χ1) is 12.8. The van der Waals surface area contributed by atoms with E-state index in [2.05, 4.69) is 4.72 Å². The summed E-state index contributed by atoms with van der Waals surface area (Å²) in [4.78, 5) is 13.1. The van der Waals surface area contributed by atoms with E-state index in [1.807, 2.05) is 0 Å². The quantitative estimate of drug-likeness (QED) is 0.843. The van der Waals surface area contributed by atoms with Crippen LogP contribution in [0, 0.1) is 11.6 Å². The van der Waals surface area contributed by atoms with Crippen LogP contribution >= 0.6 is 0 Å². The SMILES string of the molecule is COCC(=O)N1CCCc2ccc(NS(=O)(=O)c3ccc(F)cc3F)cc21.